The Morgan fingerprint density at radius 2 is 1.61 bits per heavy atom. The topological polar surface area (TPSA) is 62.8 Å². The van der Waals surface area contributed by atoms with Gasteiger partial charge < -0.3 is 9.67 Å². The molecule has 0 bridgehead atoms. The first-order valence-corrected chi connectivity index (χ1v) is 14.0. The zero-order valence-electron chi connectivity index (χ0n) is 21.5. The van der Waals surface area contributed by atoms with Gasteiger partial charge in [-0.2, -0.15) is 0 Å². The Balaban J connectivity index is 1.49. The number of aromatic hydroxyl groups is 1. The highest BCUT2D eigenvalue weighted by Gasteiger charge is 2.45. The summed E-state index contributed by atoms with van der Waals surface area (Å²) in [6, 6.07) is 19.9. The number of hydrogen-bond acceptors (Lipinski definition) is 5. The number of azo groups is 1. The number of benzene rings is 3. The first-order chi connectivity index (χ1) is 18.1. The normalized spacial score (nSPS) is 18.5. The lowest BCUT2D eigenvalue weighted by Crippen LogP contribution is -2.41. The number of thiazole rings is 1. The average Bonchev–Trinajstić information content (AvgIpc) is 3.44. The Kier molecular flexibility index (Phi) is 5.91. The smallest absolute Gasteiger partial charge is 0.230 e. The summed E-state index contributed by atoms with van der Waals surface area (Å²) in [6.45, 7) is 8.66. The molecule has 1 unspecified atom stereocenters. The molecule has 5 aromatic rings. The van der Waals surface area contributed by atoms with Gasteiger partial charge >= 0.3 is 0 Å². The zero-order valence-corrected chi connectivity index (χ0v) is 23.8. The van der Waals surface area contributed by atoms with Gasteiger partial charge in [0, 0.05) is 37.3 Å². The first-order valence-electron chi connectivity index (χ1n) is 12.3. The third kappa shape index (κ3) is 4.03. The summed E-state index contributed by atoms with van der Waals surface area (Å²) in [5, 5.41) is 25.3. The molecule has 1 aliphatic rings. The predicted molar refractivity (Wildman–Crippen MR) is 157 cm³/mol. The van der Waals surface area contributed by atoms with E-state index < -0.39 is 0 Å². The fourth-order valence-electron chi connectivity index (χ4n) is 5.91. The molecule has 1 N–H and O–H groups in total. The lowest BCUT2D eigenvalue weighted by atomic mass is 9.66. The fraction of sp³-hybridized carbons (Fsp3) is 0.233. The molecule has 1 atom stereocenters. The lowest BCUT2D eigenvalue weighted by Gasteiger charge is -2.45. The van der Waals surface area contributed by atoms with E-state index in [0.29, 0.717) is 20.9 Å². The first kappa shape index (κ1) is 25.1. The van der Waals surface area contributed by atoms with Gasteiger partial charge in [0.1, 0.15) is 0 Å². The molecule has 0 saturated heterocycles. The maximum atomic E-state index is 11.5. The van der Waals surface area contributed by atoms with E-state index in [4.69, 9.17) is 23.2 Å². The number of aryl methyl sites for hydroxylation is 1. The van der Waals surface area contributed by atoms with Crippen molar-refractivity contribution >= 4 is 56.3 Å². The van der Waals surface area contributed by atoms with E-state index in [9.17, 15) is 5.11 Å². The van der Waals surface area contributed by atoms with Crippen LogP contribution in [-0.4, -0.2) is 14.7 Å². The molecule has 8 heteroatoms. The molecule has 3 aromatic carbocycles. The molecule has 0 spiro atoms. The molecular weight excluding hydrogens is 535 g/mol. The largest absolute Gasteiger partial charge is 0.493 e. The van der Waals surface area contributed by atoms with Crippen molar-refractivity contribution in [2.75, 3.05) is 0 Å². The van der Waals surface area contributed by atoms with Crippen LogP contribution in [0.4, 0.5) is 10.8 Å². The highest BCUT2D eigenvalue weighted by molar-refractivity contribution is 7.13. The summed E-state index contributed by atoms with van der Waals surface area (Å²) in [5.41, 5.74) is 5.99. The molecule has 0 aliphatic carbocycles. The summed E-state index contributed by atoms with van der Waals surface area (Å²) in [6.07, 6.45) is 0.795. The van der Waals surface area contributed by atoms with Crippen LogP contribution < -0.4 is 0 Å². The van der Waals surface area contributed by atoms with Crippen LogP contribution in [0, 0.1) is 6.92 Å². The summed E-state index contributed by atoms with van der Waals surface area (Å²) in [5.74, 6) is 0.119. The van der Waals surface area contributed by atoms with Gasteiger partial charge in [-0.3, -0.25) is 0 Å². The van der Waals surface area contributed by atoms with Crippen LogP contribution >= 0.6 is 34.5 Å². The maximum absolute atomic E-state index is 11.5. The van der Waals surface area contributed by atoms with E-state index >= 15 is 0 Å². The molecule has 0 radical (unpaired) electrons. The fourth-order valence-corrected chi connectivity index (χ4v) is 6.81. The van der Waals surface area contributed by atoms with E-state index in [1.165, 1.54) is 16.9 Å². The van der Waals surface area contributed by atoms with Crippen molar-refractivity contribution < 1.29 is 5.11 Å². The Labute approximate surface area is 235 Å². The molecule has 1 aliphatic heterocycles. The molecular formula is C30H26Cl2N4OS. The molecule has 0 fully saturated rings. The maximum Gasteiger partial charge on any atom is 0.230 e. The van der Waals surface area contributed by atoms with E-state index in [2.05, 4.69) is 67.2 Å². The minimum atomic E-state index is -0.379. The van der Waals surface area contributed by atoms with Crippen molar-refractivity contribution in [1.29, 1.82) is 0 Å². The van der Waals surface area contributed by atoms with Crippen LogP contribution in [-0.2, 0) is 11.0 Å². The van der Waals surface area contributed by atoms with Crippen molar-refractivity contribution in [2.45, 2.75) is 45.1 Å². The molecule has 192 valence electrons. The lowest BCUT2D eigenvalue weighted by molar-refractivity contribution is 0.236. The van der Waals surface area contributed by atoms with Crippen molar-refractivity contribution in [3.05, 3.63) is 92.8 Å². The number of rotatable bonds is 4. The van der Waals surface area contributed by atoms with Gasteiger partial charge in [-0.1, -0.05) is 60.5 Å². The van der Waals surface area contributed by atoms with Crippen molar-refractivity contribution in [2.24, 2.45) is 10.2 Å². The van der Waals surface area contributed by atoms with Gasteiger partial charge in [-0.15, -0.1) is 21.6 Å². The minimum Gasteiger partial charge on any atom is -0.493 e. The van der Waals surface area contributed by atoms with Gasteiger partial charge in [0.15, 0.2) is 5.69 Å². The molecule has 2 aromatic heterocycles. The van der Waals surface area contributed by atoms with Gasteiger partial charge in [0.05, 0.1) is 11.2 Å². The molecule has 0 saturated carbocycles. The third-order valence-corrected chi connectivity index (χ3v) is 8.72. The molecule has 3 heterocycles. The van der Waals surface area contributed by atoms with Gasteiger partial charge in [-0.25, -0.2) is 4.98 Å². The van der Waals surface area contributed by atoms with Crippen molar-refractivity contribution in [3.63, 3.8) is 0 Å². The summed E-state index contributed by atoms with van der Waals surface area (Å²) in [4.78, 5) is 4.62. The average molecular weight is 562 g/mol. The van der Waals surface area contributed by atoms with Crippen LogP contribution in [0.3, 0.4) is 0 Å². The quantitative estimate of drug-likeness (QED) is 0.222. The number of aromatic nitrogens is 2. The van der Waals surface area contributed by atoms with E-state index in [0.717, 1.165) is 39.7 Å². The van der Waals surface area contributed by atoms with Gasteiger partial charge in [0.2, 0.25) is 11.0 Å². The third-order valence-electron chi connectivity index (χ3n) is 7.49. The van der Waals surface area contributed by atoms with E-state index in [1.807, 2.05) is 46.3 Å². The summed E-state index contributed by atoms with van der Waals surface area (Å²) >= 11 is 13.6. The van der Waals surface area contributed by atoms with Crippen molar-refractivity contribution in [3.8, 4) is 17.1 Å². The van der Waals surface area contributed by atoms with E-state index in [1.54, 1.807) is 0 Å². The number of halogens is 2. The summed E-state index contributed by atoms with van der Waals surface area (Å²) < 4.78 is 2.02. The minimum absolute atomic E-state index is 0.119. The second-order valence-corrected chi connectivity index (χ2v) is 12.5. The Hall–Kier alpha value is -3.19. The number of hydrogen-bond donors (Lipinski definition) is 1. The zero-order chi connectivity index (χ0) is 26.8. The Morgan fingerprint density at radius 3 is 2.29 bits per heavy atom. The standard InChI is InChI=1S/C30H26Cl2N4OS/c1-17-13-22-25(34-35-28-33-24(15-38-28)18-5-9-20(31)10-6-18)27(37)36-26(22)23(14-17)30(4,16-29(36,2)3)19-7-11-21(32)12-8-19/h5-15,37H,16H2,1-4H3. The van der Waals surface area contributed by atoms with Crippen LogP contribution in [0.25, 0.3) is 22.2 Å². The molecule has 0 amide bonds. The summed E-state index contributed by atoms with van der Waals surface area (Å²) in [7, 11) is 0. The monoisotopic (exact) mass is 560 g/mol. The number of nitrogens with zero attached hydrogens (tertiary/aromatic N) is 4. The van der Waals surface area contributed by atoms with Crippen LogP contribution in [0.1, 0.15) is 43.9 Å². The highest BCUT2D eigenvalue weighted by atomic mass is 35.5. The molecule has 38 heavy (non-hydrogen) atoms. The van der Waals surface area contributed by atoms with Crippen molar-refractivity contribution in [1.82, 2.24) is 9.55 Å². The SMILES string of the molecule is Cc1cc2c3c(c1)c(N=Nc1nc(-c4ccc(Cl)cc4)cs1)c(O)n3C(C)(C)CC2(C)c1ccc(Cl)cc1. The van der Waals surface area contributed by atoms with Gasteiger partial charge in [0.25, 0.3) is 0 Å². The van der Waals surface area contributed by atoms with Crippen LogP contribution in [0.15, 0.2) is 76.3 Å². The molecule has 6 rings (SSSR count). The Morgan fingerprint density at radius 1 is 0.947 bits per heavy atom. The highest BCUT2D eigenvalue weighted by Crippen LogP contribution is 2.55. The molecule has 5 nitrogen and oxygen atoms in total. The Bertz CT molecular complexity index is 1720. The second-order valence-electron chi connectivity index (χ2n) is 10.8. The van der Waals surface area contributed by atoms with Crippen LogP contribution in [0.5, 0.6) is 5.88 Å². The van der Waals surface area contributed by atoms with Gasteiger partial charge in [-0.05, 0) is 74.2 Å². The van der Waals surface area contributed by atoms with Crippen LogP contribution in [0.2, 0.25) is 10.0 Å². The predicted octanol–water partition coefficient (Wildman–Crippen LogP) is 9.95. The second kappa shape index (κ2) is 8.94. The van der Waals surface area contributed by atoms with E-state index in [-0.39, 0.29) is 16.8 Å².